The van der Waals surface area contributed by atoms with Crippen molar-refractivity contribution < 1.29 is 14.7 Å². The molecule has 0 spiro atoms. The zero-order valence-electron chi connectivity index (χ0n) is 13.9. The standard InChI is InChI=1S/C16H20N4O3S/c1-9-14(24-11(3)18-9)15(21)19-6-4-12(5-7-19)20-10(2)13(8-17-20)16(22)23/h8,12H,4-7H2,1-3H3,(H,22,23). The zero-order chi connectivity index (χ0) is 17.4. The van der Waals surface area contributed by atoms with Crippen molar-refractivity contribution in [3.63, 3.8) is 0 Å². The monoisotopic (exact) mass is 348 g/mol. The van der Waals surface area contributed by atoms with Gasteiger partial charge in [0.15, 0.2) is 0 Å². The molecule has 1 aliphatic rings. The molecule has 1 N–H and O–H groups in total. The predicted octanol–water partition coefficient (Wildman–Crippen LogP) is 2.44. The number of thiazole rings is 1. The predicted molar refractivity (Wildman–Crippen MR) is 89.7 cm³/mol. The van der Waals surface area contributed by atoms with Gasteiger partial charge in [-0.25, -0.2) is 9.78 Å². The van der Waals surface area contributed by atoms with E-state index in [-0.39, 0.29) is 17.5 Å². The molecular weight excluding hydrogens is 328 g/mol. The Bertz CT molecular complexity index is 787. The molecule has 1 aliphatic heterocycles. The first-order valence-corrected chi connectivity index (χ1v) is 8.71. The summed E-state index contributed by atoms with van der Waals surface area (Å²) in [5, 5.41) is 14.3. The molecule has 1 saturated heterocycles. The maximum absolute atomic E-state index is 12.6. The summed E-state index contributed by atoms with van der Waals surface area (Å²) >= 11 is 1.44. The van der Waals surface area contributed by atoms with Crippen LogP contribution in [-0.2, 0) is 0 Å². The highest BCUT2D eigenvalue weighted by atomic mass is 32.1. The SMILES string of the molecule is Cc1nc(C)c(C(=O)N2CCC(n3ncc(C(=O)O)c3C)CC2)s1. The average Bonchev–Trinajstić information content (AvgIpc) is 3.09. The maximum atomic E-state index is 12.6. The Kier molecular flexibility index (Phi) is 4.40. The highest BCUT2D eigenvalue weighted by Gasteiger charge is 2.28. The number of nitrogens with zero attached hydrogens (tertiary/aromatic N) is 4. The fourth-order valence-electron chi connectivity index (χ4n) is 3.19. The maximum Gasteiger partial charge on any atom is 0.339 e. The van der Waals surface area contributed by atoms with E-state index in [1.165, 1.54) is 17.5 Å². The second kappa shape index (κ2) is 6.35. The molecule has 7 nitrogen and oxygen atoms in total. The zero-order valence-corrected chi connectivity index (χ0v) is 14.8. The van der Waals surface area contributed by atoms with Gasteiger partial charge in [-0.15, -0.1) is 11.3 Å². The lowest BCUT2D eigenvalue weighted by Crippen LogP contribution is -2.39. The first kappa shape index (κ1) is 16.6. The summed E-state index contributed by atoms with van der Waals surface area (Å²) < 4.78 is 1.79. The molecule has 0 radical (unpaired) electrons. The fourth-order valence-corrected chi connectivity index (χ4v) is 4.08. The van der Waals surface area contributed by atoms with Crippen LogP contribution in [0.2, 0.25) is 0 Å². The number of amides is 1. The van der Waals surface area contributed by atoms with Gasteiger partial charge in [0.2, 0.25) is 0 Å². The van der Waals surface area contributed by atoms with Gasteiger partial charge in [-0.05, 0) is 33.6 Å². The Balaban J connectivity index is 1.69. The van der Waals surface area contributed by atoms with E-state index in [4.69, 9.17) is 5.11 Å². The molecule has 0 unspecified atom stereocenters. The normalized spacial score (nSPS) is 15.7. The molecule has 3 heterocycles. The highest BCUT2D eigenvalue weighted by Crippen LogP contribution is 2.27. The topological polar surface area (TPSA) is 88.3 Å². The Morgan fingerprint density at radius 3 is 2.42 bits per heavy atom. The van der Waals surface area contributed by atoms with Gasteiger partial charge >= 0.3 is 5.97 Å². The van der Waals surface area contributed by atoms with Crippen molar-refractivity contribution in [2.24, 2.45) is 0 Å². The lowest BCUT2D eigenvalue weighted by Gasteiger charge is -2.32. The molecule has 1 fully saturated rings. The van der Waals surface area contributed by atoms with Crippen LogP contribution in [0.25, 0.3) is 0 Å². The summed E-state index contributed by atoms with van der Waals surface area (Å²) in [6.07, 6.45) is 2.94. The van der Waals surface area contributed by atoms with Gasteiger partial charge in [-0.1, -0.05) is 0 Å². The van der Waals surface area contributed by atoms with Gasteiger partial charge in [-0.3, -0.25) is 9.48 Å². The van der Waals surface area contributed by atoms with Crippen LogP contribution in [-0.4, -0.2) is 49.7 Å². The average molecular weight is 348 g/mol. The van der Waals surface area contributed by atoms with Crippen LogP contribution in [0.3, 0.4) is 0 Å². The van der Waals surface area contributed by atoms with Crippen LogP contribution >= 0.6 is 11.3 Å². The van der Waals surface area contributed by atoms with E-state index in [1.807, 2.05) is 18.7 Å². The Hall–Kier alpha value is -2.22. The third kappa shape index (κ3) is 2.93. The smallest absolute Gasteiger partial charge is 0.339 e. The molecular formula is C16H20N4O3S. The molecule has 24 heavy (non-hydrogen) atoms. The van der Waals surface area contributed by atoms with Crippen molar-refractivity contribution >= 4 is 23.2 Å². The number of carbonyl (C=O) groups excluding carboxylic acids is 1. The van der Waals surface area contributed by atoms with Crippen molar-refractivity contribution in [2.45, 2.75) is 39.7 Å². The lowest BCUT2D eigenvalue weighted by atomic mass is 10.0. The molecule has 2 aromatic rings. The minimum Gasteiger partial charge on any atom is -0.478 e. The second-order valence-electron chi connectivity index (χ2n) is 6.06. The number of rotatable bonds is 3. The number of piperidine rings is 1. The number of aryl methyl sites for hydroxylation is 2. The van der Waals surface area contributed by atoms with E-state index in [1.54, 1.807) is 11.6 Å². The van der Waals surface area contributed by atoms with Crippen LogP contribution in [0.1, 0.15) is 55.3 Å². The largest absolute Gasteiger partial charge is 0.478 e. The summed E-state index contributed by atoms with van der Waals surface area (Å²) in [6.45, 7) is 6.83. The molecule has 1 amide bonds. The number of aromatic nitrogens is 3. The van der Waals surface area contributed by atoms with Crippen LogP contribution in [0.5, 0.6) is 0 Å². The molecule has 3 rings (SSSR count). The molecule has 0 aromatic carbocycles. The second-order valence-corrected chi connectivity index (χ2v) is 7.27. The van der Waals surface area contributed by atoms with Gasteiger partial charge in [0.1, 0.15) is 10.4 Å². The first-order chi connectivity index (χ1) is 11.4. The van der Waals surface area contributed by atoms with Crippen molar-refractivity contribution in [2.75, 3.05) is 13.1 Å². The van der Waals surface area contributed by atoms with Gasteiger partial charge in [0.05, 0.1) is 28.6 Å². The number of hydrogen-bond donors (Lipinski definition) is 1. The van der Waals surface area contributed by atoms with Gasteiger partial charge in [0, 0.05) is 13.1 Å². The van der Waals surface area contributed by atoms with Crippen molar-refractivity contribution in [1.82, 2.24) is 19.7 Å². The molecule has 0 atom stereocenters. The Morgan fingerprint density at radius 1 is 1.25 bits per heavy atom. The minimum absolute atomic E-state index is 0.0416. The van der Waals surface area contributed by atoms with Crippen LogP contribution < -0.4 is 0 Å². The third-order valence-electron chi connectivity index (χ3n) is 4.47. The minimum atomic E-state index is -0.956. The van der Waals surface area contributed by atoms with Crippen LogP contribution in [0.4, 0.5) is 0 Å². The van der Waals surface area contributed by atoms with Crippen molar-refractivity contribution in [3.8, 4) is 0 Å². The number of hydrogen-bond acceptors (Lipinski definition) is 5. The lowest BCUT2D eigenvalue weighted by molar-refractivity contribution is 0.0691. The third-order valence-corrected chi connectivity index (χ3v) is 5.53. The molecule has 0 saturated carbocycles. The summed E-state index contributed by atoms with van der Waals surface area (Å²) in [6, 6.07) is 0.131. The van der Waals surface area contributed by atoms with E-state index in [0.717, 1.165) is 28.4 Å². The number of carbonyl (C=O) groups is 2. The molecule has 0 bridgehead atoms. The van der Waals surface area contributed by atoms with E-state index < -0.39 is 5.97 Å². The summed E-state index contributed by atoms with van der Waals surface area (Å²) in [7, 11) is 0. The van der Waals surface area contributed by atoms with Gasteiger partial charge < -0.3 is 10.0 Å². The van der Waals surface area contributed by atoms with E-state index in [9.17, 15) is 9.59 Å². The molecule has 0 aliphatic carbocycles. The fraction of sp³-hybridized carbons (Fsp3) is 0.500. The number of likely N-dealkylation sites (tertiary alicyclic amines) is 1. The number of aromatic carboxylic acids is 1. The highest BCUT2D eigenvalue weighted by molar-refractivity contribution is 7.13. The number of carboxylic acid groups (broad SMARTS) is 1. The summed E-state index contributed by atoms with van der Waals surface area (Å²) in [5.41, 5.74) is 1.70. The Morgan fingerprint density at radius 2 is 1.92 bits per heavy atom. The van der Waals surface area contributed by atoms with Crippen molar-refractivity contribution in [1.29, 1.82) is 0 Å². The number of carboxylic acids is 1. The molecule has 128 valence electrons. The van der Waals surface area contributed by atoms with Gasteiger partial charge in [0.25, 0.3) is 5.91 Å². The summed E-state index contributed by atoms with van der Waals surface area (Å²) in [5.74, 6) is -0.914. The summed E-state index contributed by atoms with van der Waals surface area (Å²) in [4.78, 5) is 30.7. The van der Waals surface area contributed by atoms with E-state index >= 15 is 0 Å². The molecule has 8 heteroatoms. The van der Waals surface area contributed by atoms with E-state index in [0.29, 0.717) is 18.8 Å². The van der Waals surface area contributed by atoms with Gasteiger partial charge in [-0.2, -0.15) is 5.10 Å². The first-order valence-electron chi connectivity index (χ1n) is 7.89. The van der Waals surface area contributed by atoms with Crippen LogP contribution in [0.15, 0.2) is 6.20 Å². The molecule has 2 aromatic heterocycles. The van der Waals surface area contributed by atoms with Crippen molar-refractivity contribution in [3.05, 3.63) is 33.0 Å². The Labute approximate surface area is 143 Å². The van der Waals surface area contributed by atoms with Crippen LogP contribution in [0, 0.1) is 20.8 Å². The van der Waals surface area contributed by atoms with E-state index in [2.05, 4.69) is 10.1 Å². The quantitative estimate of drug-likeness (QED) is 0.920.